The SMILES string of the molecule is CC1(c2ccccc2)CCN(C(=O)C2(CN)CCOCC2)C1.Cl. The summed E-state index contributed by atoms with van der Waals surface area (Å²) >= 11 is 0. The summed E-state index contributed by atoms with van der Waals surface area (Å²) in [5.41, 5.74) is 6.95. The molecule has 4 nitrogen and oxygen atoms in total. The van der Waals surface area contributed by atoms with E-state index in [1.807, 2.05) is 11.0 Å². The van der Waals surface area contributed by atoms with E-state index in [2.05, 4.69) is 31.2 Å². The highest BCUT2D eigenvalue weighted by molar-refractivity contribution is 5.85. The highest BCUT2D eigenvalue weighted by Crippen LogP contribution is 2.38. The fraction of sp³-hybridized carbons (Fsp3) is 0.611. The van der Waals surface area contributed by atoms with Gasteiger partial charge in [0.15, 0.2) is 0 Å². The van der Waals surface area contributed by atoms with E-state index in [0.29, 0.717) is 19.8 Å². The Kier molecular flexibility index (Phi) is 5.71. The first-order valence-electron chi connectivity index (χ1n) is 8.22. The van der Waals surface area contributed by atoms with Crippen molar-refractivity contribution in [1.29, 1.82) is 0 Å². The summed E-state index contributed by atoms with van der Waals surface area (Å²) in [4.78, 5) is 15.1. The molecule has 3 rings (SSSR count). The van der Waals surface area contributed by atoms with Crippen molar-refractivity contribution in [2.24, 2.45) is 11.1 Å². The quantitative estimate of drug-likeness (QED) is 0.920. The van der Waals surface area contributed by atoms with E-state index in [4.69, 9.17) is 10.5 Å². The molecule has 23 heavy (non-hydrogen) atoms. The number of amides is 1. The van der Waals surface area contributed by atoms with E-state index in [1.54, 1.807) is 0 Å². The lowest BCUT2D eigenvalue weighted by atomic mass is 9.78. The molecule has 1 aromatic carbocycles. The molecule has 2 heterocycles. The van der Waals surface area contributed by atoms with Gasteiger partial charge in [0.2, 0.25) is 5.91 Å². The maximum absolute atomic E-state index is 13.1. The van der Waals surface area contributed by atoms with Crippen LogP contribution >= 0.6 is 12.4 Å². The average molecular weight is 339 g/mol. The van der Waals surface area contributed by atoms with Crippen LogP contribution in [-0.4, -0.2) is 43.7 Å². The van der Waals surface area contributed by atoms with Crippen molar-refractivity contribution in [2.45, 2.75) is 31.6 Å². The molecule has 0 aliphatic carbocycles. The minimum Gasteiger partial charge on any atom is -0.381 e. The highest BCUT2D eigenvalue weighted by atomic mass is 35.5. The van der Waals surface area contributed by atoms with Gasteiger partial charge in [-0.15, -0.1) is 12.4 Å². The second-order valence-corrected chi connectivity index (χ2v) is 7.00. The number of nitrogens with zero attached hydrogens (tertiary/aromatic N) is 1. The lowest BCUT2D eigenvalue weighted by Gasteiger charge is -2.38. The number of likely N-dealkylation sites (tertiary alicyclic amines) is 1. The number of nitrogens with two attached hydrogens (primary N) is 1. The minimum absolute atomic E-state index is 0. The van der Waals surface area contributed by atoms with Gasteiger partial charge < -0.3 is 15.4 Å². The Bertz CT molecular complexity index is 531. The summed E-state index contributed by atoms with van der Waals surface area (Å²) in [6, 6.07) is 10.5. The summed E-state index contributed by atoms with van der Waals surface area (Å²) in [5.74, 6) is 0.234. The fourth-order valence-electron chi connectivity index (χ4n) is 3.81. The van der Waals surface area contributed by atoms with E-state index in [-0.39, 0.29) is 23.7 Å². The molecule has 128 valence electrons. The zero-order valence-corrected chi connectivity index (χ0v) is 14.6. The molecule has 2 aliphatic heterocycles. The van der Waals surface area contributed by atoms with Crippen LogP contribution in [0.3, 0.4) is 0 Å². The van der Waals surface area contributed by atoms with Crippen LogP contribution in [0.25, 0.3) is 0 Å². The Morgan fingerprint density at radius 2 is 1.87 bits per heavy atom. The Morgan fingerprint density at radius 1 is 1.22 bits per heavy atom. The zero-order valence-electron chi connectivity index (χ0n) is 13.8. The van der Waals surface area contributed by atoms with Crippen LogP contribution in [0, 0.1) is 5.41 Å². The normalized spacial score (nSPS) is 26.6. The molecular weight excluding hydrogens is 312 g/mol. The lowest BCUT2D eigenvalue weighted by Crippen LogP contribution is -2.50. The van der Waals surface area contributed by atoms with Crippen molar-refractivity contribution in [3.63, 3.8) is 0 Å². The third-order valence-corrected chi connectivity index (χ3v) is 5.53. The molecule has 0 spiro atoms. The van der Waals surface area contributed by atoms with Gasteiger partial charge in [0.25, 0.3) is 0 Å². The van der Waals surface area contributed by atoms with E-state index in [0.717, 1.165) is 32.4 Å². The predicted molar refractivity (Wildman–Crippen MR) is 93.8 cm³/mol. The Hall–Kier alpha value is -1.10. The second-order valence-electron chi connectivity index (χ2n) is 7.00. The van der Waals surface area contributed by atoms with Gasteiger partial charge in [-0.2, -0.15) is 0 Å². The third kappa shape index (κ3) is 3.39. The van der Waals surface area contributed by atoms with Crippen molar-refractivity contribution in [3.8, 4) is 0 Å². The number of carbonyl (C=O) groups is 1. The number of carbonyl (C=O) groups excluding carboxylic acids is 1. The first kappa shape index (κ1) is 18.2. The van der Waals surface area contributed by atoms with Crippen molar-refractivity contribution < 1.29 is 9.53 Å². The summed E-state index contributed by atoms with van der Waals surface area (Å²) in [6.45, 7) is 5.59. The molecule has 2 saturated heterocycles. The van der Waals surface area contributed by atoms with Gasteiger partial charge in [-0.1, -0.05) is 37.3 Å². The Labute approximate surface area is 144 Å². The van der Waals surface area contributed by atoms with Gasteiger partial charge in [0, 0.05) is 38.3 Å². The zero-order chi connectivity index (χ0) is 15.6. The van der Waals surface area contributed by atoms with Gasteiger partial charge in [-0.25, -0.2) is 0 Å². The van der Waals surface area contributed by atoms with Crippen LogP contribution in [-0.2, 0) is 14.9 Å². The molecule has 2 fully saturated rings. The van der Waals surface area contributed by atoms with Crippen molar-refractivity contribution in [3.05, 3.63) is 35.9 Å². The number of benzene rings is 1. The third-order valence-electron chi connectivity index (χ3n) is 5.53. The van der Waals surface area contributed by atoms with Crippen LogP contribution in [0.5, 0.6) is 0 Å². The average Bonchev–Trinajstić information content (AvgIpc) is 2.99. The molecule has 0 aromatic heterocycles. The van der Waals surface area contributed by atoms with Crippen molar-refractivity contribution in [2.75, 3.05) is 32.8 Å². The molecule has 1 aromatic rings. The molecular formula is C18H27ClN2O2. The predicted octanol–water partition coefficient (Wildman–Crippen LogP) is 2.35. The highest BCUT2D eigenvalue weighted by Gasteiger charge is 2.45. The number of ether oxygens (including phenoxy) is 1. The number of hydrogen-bond donors (Lipinski definition) is 1. The Morgan fingerprint density at radius 3 is 2.48 bits per heavy atom. The Balaban J connectivity index is 0.00000192. The molecule has 1 atom stereocenters. The minimum atomic E-state index is -0.403. The number of halogens is 1. The first-order chi connectivity index (χ1) is 10.6. The topological polar surface area (TPSA) is 55.6 Å². The maximum Gasteiger partial charge on any atom is 0.230 e. The number of hydrogen-bond acceptors (Lipinski definition) is 3. The summed E-state index contributed by atoms with van der Waals surface area (Å²) in [6.07, 6.45) is 2.52. The van der Waals surface area contributed by atoms with E-state index >= 15 is 0 Å². The largest absolute Gasteiger partial charge is 0.381 e. The van der Waals surface area contributed by atoms with E-state index < -0.39 is 5.41 Å². The van der Waals surface area contributed by atoms with Gasteiger partial charge >= 0.3 is 0 Å². The van der Waals surface area contributed by atoms with E-state index in [9.17, 15) is 4.79 Å². The van der Waals surface area contributed by atoms with Crippen LogP contribution in [0.2, 0.25) is 0 Å². The standard InChI is InChI=1S/C18H26N2O2.ClH/c1-17(15-5-3-2-4-6-15)7-10-20(14-17)16(21)18(13-19)8-11-22-12-9-18;/h2-6H,7-14,19H2,1H3;1H. The summed E-state index contributed by atoms with van der Waals surface area (Å²) in [7, 11) is 0. The van der Waals surface area contributed by atoms with Gasteiger partial charge in [0.05, 0.1) is 5.41 Å². The second kappa shape index (κ2) is 7.20. The molecule has 0 radical (unpaired) electrons. The van der Waals surface area contributed by atoms with Crippen LogP contribution in [0.1, 0.15) is 31.7 Å². The molecule has 2 aliphatic rings. The number of rotatable bonds is 3. The smallest absolute Gasteiger partial charge is 0.230 e. The molecule has 0 saturated carbocycles. The summed E-state index contributed by atoms with van der Waals surface area (Å²) < 4.78 is 5.42. The van der Waals surface area contributed by atoms with Crippen LogP contribution < -0.4 is 5.73 Å². The van der Waals surface area contributed by atoms with Crippen LogP contribution in [0.15, 0.2) is 30.3 Å². The molecule has 0 bridgehead atoms. The van der Waals surface area contributed by atoms with Crippen LogP contribution in [0.4, 0.5) is 0 Å². The molecule has 1 amide bonds. The molecule has 5 heteroatoms. The molecule has 2 N–H and O–H groups in total. The first-order valence-corrected chi connectivity index (χ1v) is 8.22. The van der Waals surface area contributed by atoms with E-state index in [1.165, 1.54) is 5.56 Å². The van der Waals surface area contributed by atoms with Gasteiger partial charge in [0.1, 0.15) is 0 Å². The van der Waals surface area contributed by atoms with Crippen molar-refractivity contribution in [1.82, 2.24) is 4.90 Å². The molecule has 1 unspecified atom stereocenters. The monoisotopic (exact) mass is 338 g/mol. The van der Waals surface area contributed by atoms with Gasteiger partial charge in [-0.3, -0.25) is 4.79 Å². The van der Waals surface area contributed by atoms with Crippen molar-refractivity contribution >= 4 is 18.3 Å². The van der Waals surface area contributed by atoms with Gasteiger partial charge in [-0.05, 0) is 24.8 Å². The fourth-order valence-corrected chi connectivity index (χ4v) is 3.81. The lowest BCUT2D eigenvalue weighted by molar-refractivity contribution is -0.146. The maximum atomic E-state index is 13.1. The summed E-state index contributed by atoms with van der Waals surface area (Å²) in [5, 5.41) is 0.